The van der Waals surface area contributed by atoms with Gasteiger partial charge in [-0.25, -0.2) is 4.39 Å². The van der Waals surface area contributed by atoms with Crippen molar-refractivity contribution >= 4 is 24.0 Å². The van der Waals surface area contributed by atoms with E-state index in [-0.39, 0.29) is 24.1 Å². The lowest BCUT2D eigenvalue weighted by Crippen LogP contribution is -2.40. The first-order valence-corrected chi connectivity index (χ1v) is 7.64. The number of hydrogen-bond acceptors (Lipinski definition) is 3. The molecule has 1 aromatic carbocycles. The Kier molecular flexibility index (Phi) is 5.78. The monoisotopic (exact) mass is 327 g/mol. The van der Waals surface area contributed by atoms with Gasteiger partial charge in [0, 0.05) is 12.2 Å². The Morgan fingerprint density at radius 2 is 1.91 bits per heavy atom. The topological polar surface area (TPSA) is 44.4 Å². The molecule has 2 aliphatic rings. The minimum Gasteiger partial charge on any atom is -0.325 e. The number of carbonyl (C=O) groups is 1. The Balaban J connectivity index is 0.00000176. The third-order valence-corrected chi connectivity index (χ3v) is 4.68. The summed E-state index contributed by atoms with van der Waals surface area (Å²) in [5.74, 6) is -0.312. The van der Waals surface area contributed by atoms with E-state index in [4.69, 9.17) is 0 Å². The summed E-state index contributed by atoms with van der Waals surface area (Å²) in [6, 6.07) is 5.89. The van der Waals surface area contributed by atoms with E-state index in [1.807, 2.05) is 0 Å². The molecule has 1 aromatic rings. The van der Waals surface area contributed by atoms with Crippen molar-refractivity contribution in [2.75, 3.05) is 38.0 Å². The molecule has 6 heteroatoms. The molecule has 2 heterocycles. The second-order valence-electron chi connectivity index (χ2n) is 6.27. The lowest BCUT2D eigenvalue weighted by atomic mass is 9.78. The summed E-state index contributed by atoms with van der Waals surface area (Å²) in [5.41, 5.74) is 1.07. The number of rotatable bonds is 3. The maximum atomic E-state index is 12.8. The van der Waals surface area contributed by atoms with Crippen LogP contribution < -0.4 is 10.6 Å². The fourth-order valence-corrected chi connectivity index (χ4v) is 3.46. The molecule has 2 fully saturated rings. The number of likely N-dealkylation sites (tertiary alicyclic amines) is 1. The third kappa shape index (κ3) is 4.18. The summed E-state index contributed by atoms with van der Waals surface area (Å²) in [6.07, 6.45) is 3.62. The zero-order valence-corrected chi connectivity index (χ0v) is 13.4. The van der Waals surface area contributed by atoms with Crippen molar-refractivity contribution in [2.24, 2.45) is 5.41 Å². The van der Waals surface area contributed by atoms with Crippen LogP contribution >= 0.6 is 12.4 Å². The molecule has 3 rings (SSSR count). The summed E-state index contributed by atoms with van der Waals surface area (Å²) in [6.45, 7) is 4.63. The number of piperidine rings is 1. The molecular formula is C16H23ClFN3O. The molecule has 2 aliphatic heterocycles. The predicted octanol–water partition coefficient (Wildman–Crippen LogP) is 2.26. The zero-order chi connectivity index (χ0) is 14.7. The molecule has 122 valence electrons. The van der Waals surface area contributed by atoms with E-state index in [1.54, 1.807) is 12.1 Å². The highest BCUT2D eigenvalue weighted by Crippen LogP contribution is 2.38. The van der Waals surface area contributed by atoms with Crippen molar-refractivity contribution in [1.82, 2.24) is 10.2 Å². The largest absolute Gasteiger partial charge is 0.325 e. The summed E-state index contributed by atoms with van der Waals surface area (Å²) in [5, 5.41) is 6.23. The molecule has 1 spiro atoms. The van der Waals surface area contributed by atoms with Gasteiger partial charge in [0.05, 0.1) is 6.54 Å². The number of nitrogens with zero attached hydrogens (tertiary/aromatic N) is 1. The van der Waals surface area contributed by atoms with Crippen molar-refractivity contribution in [3.63, 3.8) is 0 Å². The second-order valence-corrected chi connectivity index (χ2v) is 6.27. The van der Waals surface area contributed by atoms with E-state index in [0.29, 0.717) is 17.6 Å². The number of nitrogens with one attached hydrogen (secondary N) is 2. The molecule has 2 N–H and O–H groups in total. The smallest absolute Gasteiger partial charge is 0.238 e. The lowest BCUT2D eigenvalue weighted by Gasteiger charge is -2.33. The molecular weight excluding hydrogens is 305 g/mol. The minimum atomic E-state index is -0.291. The molecule has 0 unspecified atom stereocenters. The summed E-state index contributed by atoms with van der Waals surface area (Å²) in [4.78, 5) is 14.3. The number of amides is 1. The van der Waals surface area contributed by atoms with Crippen LogP contribution in [0.25, 0.3) is 0 Å². The van der Waals surface area contributed by atoms with Gasteiger partial charge in [0.1, 0.15) is 5.82 Å². The molecule has 0 aliphatic carbocycles. The van der Waals surface area contributed by atoms with Crippen LogP contribution in [0.2, 0.25) is 0 Å². The Hall–Kier alpha value is -1.17. The number of carbonyl (C=O) groups excluding carboxylic acids is 1. The van der Waals surface area contributed by atoms with Crippen LogP contribution in [0, 0.1) is 11.2 Å². The first-order valence-electron chi connectivity index (χ1n) is 7.64. The molecule has 4 nitrogen and oxygen atoms in total. The molecule has 0 radical (unpaired) electrons. The van der Waals surface area contributed by atoms with Crippen LogP contribution in [0.4, 0.5) is 10.1 Å². The maximum Gasteiger partial charge on any atom is 0.238 e. The molecule has 22 heavy (non-hydrogen) atoms. The number of benzene rings is 1. The standard InChI is InChI=1S/C16H22FN3O.ClH/c17-13-1-3-14(4-2-13)19-15(21)11-20-10-7-16(12-20)5-8-18-9-6-16;/h1-4,18H,5-12H2,(H,19,21);1H. The van der Waals surface area contributed by atoms with Gasteiger partial charge < -0.3 is 10.6 Å². The van der Waals surface area contributed by atoms with E-state index in [0.717, 1.165) is 26.2 Å². The number of halogens is 2. The maximum absolute atomic E-state index is 12.8. The molecule has 0 saturated carbocycles. The highest BCUT2D eigenvalue weighted by atomic mass is 35.5. The van der Waals surface area contributed by atoms with Crippen LogP contribution in [0.15, 0.2) is 24.3 Å². The summed E-state index contributed by atoms with van der Waals surface area (Å²) < 4.78 is 12.8. The highest BCUT2D eigenvalue weighted by molar-refractivity contribution is 5.92. The fraction of sp³-hybridized carbons (Fsp3) is 0.562. The number of hydrogen-bond donors (Lipinski definition) is 2. The predicted molar refractivity (Wildman–Crippen MR) is 87.9 cm³/mol. The average molecular weight is 328 g/mol. The summed E-state index contributed by atoms with van der Waals surface area (Å²) in [7, 11) is 0. The molecule has 1 amide bonds. The van der Waals surface area contributed by atoms with E-state index in [1.165, 1.54) is 31.4 Å². The first kappa shape index (κ1) is 17.2. The molecule has 0 bridgehead atoms. The average Bonchev–Trinajstić information content (AvgIpc) is 2.84. The highest BCUT2D eigenvalue weighted by Gasteiger charge is 2.39. The van der Waals surface area contributed by atoms with E-state index < -0.39 is 0 Å². The van der Waals surface area contributed by atoms with Crippen molar-refractivity contribution in [1.29, 1.82) is 0 Å². The van der Waals surface area contributed by atoms with Gasteiger partial charge >= 0.3 is 0 Å². The van der Waals surface area contributed by atoms with Gasteiger partial charge in [-0.05, 0) is 68.6 Å². The molecule has 2 saturated heterocycles. The van der Waals surface area contributed by atoms with E-state index in [2.05, 4.69) is 15.5 Å². The van der Waals surface area contributed by atoms with Gasteiger partial charge in [-0.15, -0.1) is 12.4 Å². The fourth-order valence-electron chi connectivity index (χ4n) is 3.46. The Bertz CT molecular complexity index is 503. The Labute approximate surface area is 136 Å². The molecule has 0 aromatic heterocycles. The van der Waals surface area contributed by atoms with Gasteiger partial charge in [-0.1, -0.05) is 0 Å². The normalized spacial score (nSPS) is 20.6. The number of anilines is 1. The zero-order valence-electron chi connectivity index (χ0n) is 12.6. The van der Waals surface area contributed by atoms with Crippen molar-refractivity contribution < 1.29 is 9.18 Å². The van der Waals surface area contributed by atoms with Crippen molar-refractivity contribution in [3.8, 4) is 0 Å². The van der Waals surface area contributed by atoms with Crippen LogP contribution in [-0.2, 0) is 4.79 Å². The van der Waals surface area contributed by atoms with Gasteiger partial charge in [0.2, 0.25) is 5.91 Å². The van der Waals surface area contributed by atoms with Gasteiger partial charge in [0.25, 0.3) is 0 Å². The quantitative estimate of drug-likeness (QED) is 0.895. The van der Waals surface area contributed by atoms with Crippen LogP contribution in [-0.4, -0.2) is 43.5 Å². The minimum absolute atomic E-state index is 0. The SMILES string of the molecule is Cl.O=C(CN1CCC2(CCNCC2)C1)Nc1ccc(F)cc1. The van der Waals surface area contributed by atoms with Crippen LogP contribution in [0.3, 0.4) is 0 Å². The van der Waals surface area contributed by atoms with Gasteiger partial charge in [-0.3, -0.25) is 9.69 Å². The van der Waals surface area contributed by atoms with Crippen LogP contribution in [0.1, 0.15) is 19.3 Å². The van der Waals surface area contributed by atoms with Crippen LogP contribution in [0.5, 0.6) is 0 Å². The second kappa shape index (κ2) is 7.40. The van der Waals surface area contributed by atoms with Crippen molar-refractivity contribution in [3.05, 3.63) is 30.1 Å². The van der Waals surface area contributed by atoms with Crippen molar-refractivity contribution in [2.45, 2.75) is 19.3 Å². The summed E-state index contributed by atoms with van der Waals surface area (Å²) >= 11 is 0. The lowest BCUT2D eigenvalue weighted by molar-refractivity contribution is -0.117. The third-order valence-electron chi connectivity index (χ3n) is 4.68. The van der Waals surface area contributed by atoms with Gasteiger partial charge in [0.15, 0.2) is 0 Å². The Morgan fingerprint density at radius 1 is 1.23 bits per heavy atom. The van der Waals surface area contributed by atoms with E-state index in [9.17, 15) is 9.18 Å². The van der Waals surface area contributed by atoms with Gasteiger partial charge in [-0.2, -0.15) is 0 Å². The first-order chi connectivity index (χ1) is 10.2. The van der Waals surface area contributed by atoms with E-state index >= 15 is 0 Å². The molecule has 0 atom stereocenters. The Morgan fingerprint density at radius 3 is 2.59 bits per heavy atom.